The third-order valence-corrected chi connectivity index (χ3v) is 3.89. The number of hydrogen-bond acceptors (Lipinski definition) is 4. The van der Waals surface area contributed by atoms with Gasteiger partial charge in [0.25, 0.3) is 6.43 Å². The fourth-order valence-corrected chi connectivity index (χ4v) is 2.74. The Morgan fingerprint density at radius 2 is 1.87 bits per heavy atom. The third-order valence-electron chi connectivity index (χ3n) is 3.89. The molecule has 5 nitrogen and oxygen atoms in total. The molecule has 1 heterocycles. The van der Waals surface area contributed by atoms with Gasteiger partial charge in [0.05, 0.1) is 25.0 Å². The van der Waals surface area contributed by atoms with E-state index in [1.165, 1.54) is 4.90 Å². The van der Waals surface area contributed by atoms with E-state index in [-0.39, 0.29) is 19.7 Å². The number of hydrogen-bond donors (Lipinski definition) is 1. The Hall–Kier alpha value is -2.02. The van der Waals surface area contributed by atoms with Gasteiger partial charge in [-0.3, -0.25) is 14.5 Å². The van der Waals surface area contributed by atoms with Crippen molar-refractivity contribution in [3.05, 3.63) is 35.9 Å². The highest BCUT2D eigenvalue weighted by molar-refractivity contribution is 5.82. The van der Waals surface area contributed by atoms with Crippen molar-refractivity contribution < 1.29 is 28.2 Å². The fourth-order valence-electron chi connectivity index (χ4n) is 2.74. The van der Waals surface area contributed by atoms with Gasteiger partial charge in [0.15, 0.2) is 0 Å². The number of halogens is 2. The number of ether oxygens (including phenoxy) is 1. The number of carbonyl (C=O) groups is 2. The molecular formula is C16H19F2NO4. The van der Waals surface area contributed by atoms with Gasteiger partial charge in [-0.15, -0.1) is 0 Å². The maximum absolute atomic E-state index is 12.4. The summed E-state index contributed by atoms with van der Waals surface area (Å²) in [7, 11) is 0. The molecule has 1 unspecified atom stereocenters. The predicted octanol–water partition coefficient (Wildman–Crippen LogP) is 1.67. The van der Waals surface area contributed by atoms with E-state index in [1.54, 1.807) is 0 Å². The van der Waals surface area contributed by atoms with E-state index >= 15 is 0 Å². The first kappa shape index (κ1) is 17.3. The van der Waals surface area contributed by atoms with E-state index < -0.39 is 36.7 Å². The van der Waals surface area contributed by atoms with Crippen LogP contribution in [0.15, 0.2) is 30.3 Å². The summed E-state index contributed by atoms with van der Waals surface area (Å²) in [6.07, 6.45) is -2.03. The zero-order valence-electron chi connectivity index (χ0n) is 12.5. The normalized spacial score (nSPS) is 21.5. The summed E-state index contributed by atoms with van der Waals surface area (Å²) >= 11 is 0. The molecule has 0 bridgehead atoms. The Labute approximate surface area is 132 Å². The number of benzene rings is 1. The first-order chi connectivity index (χ1) is 11.0. The second-order valence-corrected chi connectivity index (χ2v) is 5.56. The van der Waals surface area contributed by atoms with Crippen LogP contribution in [-0.4, -0.2) is 54.6 Å². The summed E-state index contributed by atoms with van der Waals surface area (Å²) in [5.74, 6) is -3.70. The molecule has 1 aromatic rings. The third kappa shape index (κ3) is 4.99. The largest absolute Gasteiger partial charge is 0.481 e. The Balaban J connectivity index is 1.87. The molecule has 2 rings (SSSR count). The van der Waals surface area contributed by atoms with Gasteiger partial charge in [-0.1, -0.05) is 30.3 Å². The van der Waals surface area contributed by atoms with E-state index in [2.05, 4.69) is 0 Å². The molecule has 1 N–H and O–H groups in total. The smallest absolute Gasteiger partial charge is 0.311 e. The average Bonchev–Trinajstić information content (AvgIpc) is 2.91. The number of carbonyl (C=O) groups excluding carboxylic acids is 1. The number of likely N-dealkylation sites (tertiary alicyclic amines) is 1. The van der Waals surface area contributed by atoms with Crippen LogP contribution in [0.4, 0.5) is 8.78 Å². The zero-order chi connectivity index (χ0) is 16.8. The van der Waals surface area contributed by atoms with Crippen LogP contribution in [0.1, 0.15) is 5.56 Å². The van der Waals surface area contributed by atoms with Crippen LogP contribution >= 0.6 is 0 Å². The Morgan fingerprint density at radius 3 is 2.48 bits per heavy atom. The van der Waals surface area contributed by atoms with Crippen molar-refractivity contribution in [1.82, 2.24) is 4.90 Å². The molecule has 0 aliphatic carbocycles. The number of esters is 1. The van der Waals surface area contributed by atoms with Crippen molar-refractivity contribution in [1.29, 1.82) is 0 Å². The number of nitrogens with zero attached hydrogens (tertiary/aromatic N) is 1. The minimum atomic E-state index is -2.56. The van der Waals surface area contributed by atoms with Crippen LogP contribution in [0.5, 0.6) is 0 Å². The van der Waals surface area contributed by atoms with Crippen LogP contribution in [0.3, 0.4) is 0 Å². The number of alkyl halides is 2. The van der Waals surface area contributed by atoms with Gasteiger partial charge in [-0.05, 0) is 5.56 Å². The lowest BCUT2D eigenvalue weighted by Crippen LogP contribution is -2.30. The summed E-state index contributed by atoms with van der Waals surface area (Å²) in [6, 6.07) is 9.42. The Morgan fingerprint density at radius 1 is 1.22 bits per heavy atom. The fraction of sp³-hybridized carbons (Fsp3) is 0.500. The number of aliphatic carboxylic acids is 1. The molecule has 1 saturated heterocycles. The summed E-state index contributed by atoms with van der Waals surface area (Å²) in [4.78, 5) is 24.6. The van der Waals surface area contributed by atoms with E-state index in [4.69, 9.17) is 9.84 Å². The van der Waals surface area contributed by atoms with Crippen molar-refractivity contribution in [3.63, 3.8) is 0 Å². The number of carboxylic acids is 1. The van der Waals surface area contributed by atoms with Gasteiger partial charge < -0.3 is 9.84 Å². The van der Waals surface area contributed by atoms with Gasteiger partial charge in [-0.25, -0.2) is 8.78 Å². The Bertz CT molecular complexity index is 538. The van der Waals surface area contributed by atoms with Crippen LogP contribution in [0.2, 0.25) is 0 Å². The van der Waals surface area contributed by atoms with Gasteiger partial charge in [0, 0.05) is 19.5 Å². The van der Waals surface area contributed by atoms with Crippen molar-refractivity contribution in [2.75, 3.05) is 26.2 Å². The molecule has 0 radical (unpaired) electrons. The standard InChI is InChI=1S/C16H19F2NO4/c17-14(18)10-19-8-12(15(20)21)13(9-19)16(22)23-7-6-11-4-2-1-3-5-11/h1-5,12-14H,6-10H2,(H,20,21)/t12-,13?/m0/s1. The molecule has 0 spiro atoms. The van der Waals surface area contributed by atoms with Crippen LogP contribution in [-0.2, 0) is 20.7 Å². The molecule has 1 aromatic carbocycles. The van der Waals surface area contributed by atoms with Gasteiger partial charge in [0.2, 0.25) is 0 Å². The summed E-state index contributed by atoms with van der Waals surface area (Å²) in [6.45, 7) is -0.457. The zero-order valence-corrected chi connectivity index (χ0v) is 12.5. The molecule has 0 saturated carbocycles. The first-order valence-electron chi connectivity index (χ1n) is 7.41. The van der Waals surface area contributed by atoms with E-state index in [1.807, 2.05) is 30.3 Å². The van der Waals surface area contributed by atoms with Gasteiger partial charge >= 0.3 is 11.9 Å². The van der Waals surface area contributed by atoms with Crippen molar-refractivity contribution in [2.24, 2.45) is 11.8 Å². The van der Waals surface area contributed by atoms with Gasteiger partial charge in [-0.2, -0.15) is 0 Å². The summed E-state index contributed by atoms with van der Waals surface area (Å²) < 4.78 is 30.0. The molecule has 7 heteroatoms. The molecule has 1 aliphatic rings. The number of carboxylic acid groups (broad SMARTS) is 1. The van der Waals surface area contributed by atoms with Crippen molar-refractivity contribution in [2.45, 2.75) is 12.8 Å². The molecule has 0 aromatic heterocycles. The predicted molar refractivity (Wildman–Crippen MR) is 78.2 cm³/mol. The molecule has 1 fully saturated rings. The lowest BCUT2D eigenvalue weighted by molar-refractivity contribution is -0.155. The lowest BCUT2D eigenvalue weighted by atomic mass is 9.96. The molecule has 126 valence electrons. The Kier molecular flexibility index (Phi) is 6.04. The summed E-state index contributed by atoms with van der Waals surface area (Å²) in [5.41, 5.74) is 1.00. The minimum absolute atomic E-state index is 0.00846. The highest BCUT2D eigenvalue weighted by Gasteiger charge is 2.43. The molecule has 1 aliphatic heterocycles. The monoisotopic (exact) mass is 327 g/mol. The van der Waals surface area contributed by atoms with Crippen LogP contribution < -0.4 is 0 Å². The van der Waals surface area contributed by atoms with Crippen LogP contribution in [0.25, 0.3) is 0 Å². The second kappa shape index (κ2) is 8.01. The molecule has 0 amide bonds. The second-order valence-electron chi connectivity index (χ2n) is 5.56. The molecular weight excluding hydrogens is 308 g/mol. The lowest BCUT2D eigenvalue weighted by Gasteiger charge is -2.14. The topological polar surface area (TPSA) is 66.8 Å². The van der Waals surface area contributed by atoms with Crippen LogP contribution in [0, 0.1) is 11.8 Å². The maximum atomic E-state index is 12.4. The van der Waals surface area contributed by atoms with E-state index in [0.717, 1.165) is 5.56 Å². The molecule has 23 heavy (non-hydrogen) atoms. The average molecular weight is 327 g/mol. The highest BCUT2D eigenvalue weighted by atomic mass is 19.3. The highest BCUT2D eigenvalue weighted by Crippen LogP contribution is 2.25. The van der Waals surface area contributed by atoms with Crippen molar-refractivity contribution >= 4 is 11.9 Å². The van der Waals surface area contributed by atoms with E-state index in [9.17, 15) is 18.4 Å². The summed E-state index contributed by atoms with van der Waals surface area (Å²) in [5, 5.41) is 9.17. The molecule has 2 atom stereocenters. The van der Waals surface area contributed by atoms with E-state index in [0.29, 0.717) is 6.42 Å². The number of rotatable bonds is 7. The minimum Gasteiger partial charge on any atom is -0.481 e. The van der Waals surface area contributed by atoms with Crippen molar-refractivity contribution in [3.8, 4) is 0 Å². The maximum Gasteiger partial charge on any atom is 0.311 e. The van der Waals surface area contributed by atoms with Gasteiger partial charge in [0.1, 0.15) is 0 Å². The quantitative estimate of drug-likeness (QED) is 0.772. The SMILES string of the molecule is O=C(OCCc1ccccc1)C1CN(CC(F)F)C[C@@H]1C(=O)O. The first-order valence-corrected chi connectivity index (χ1v) is 7.41.